The van der Waals surface area contributed by atoms with Crippen molar-refractivity contribution >= 4 is 23.5 Å². The first-order valence-corrected chi connectivity index (χ1v) is 10.7. The maximum Gasteiger partial charge on any atom is 0.414 e. The van der Waals surface area contributed by atoms with Crippen molar-refractivity contribution in [1.82, 2.24) is 10.6 Å². The van der Waals surface area contributed by atoms with Gasteiger partial charge in [0.2, 0.25) is 5.91 Å². The largest absolute Gasteiger partial charge is 0.442 e. The fourth-order valence-corrected chi connectivity index (χ4v) is 3.67. The molecule has 2 aromatic carbocycles. The smallest absolute Gasteiger partial charge is 0.414 e. The van der Waals surface area contributed by atoms with Crippen molar-refractivity contribution in [2.45, 2.75) is 12.2 Å². The van der Waals surface area contributed by atoms with E-state index in [1.807, 2.05) is 0 Å². The standard InChI is InChI=1S/C24H24FN3O5/c25-20-12-17(6-7-19(20)22-14-26-10-11-32-22)28-15-18(33-24(28)31)13-27-23(30)9-8-21(29)16-4-2-1-3-5-16/h1-9,12,18,22,26H,10-11,13-15H2,(H,27,30)/b9-8+. The molecule has 2 atom stereocenters. The average Bonchev–Trinajstić information content (AvgIpc) is 3.22. The van der Waals surface area contributed by atoms with Crippen LogP contribution in [0.5, 0.6) is 0 Å². The molecule has 2 fully saturated rings. The van der Waals surface area contributed by atoms with Crippen LogP contribution in [0.15, 0.2) is 60.7 Å². The Morgan fingerprint density at radius 2 is 2.00 bits per heavy atom. The van der Waals surface area contributed by atoms with Crippen LogP contribution in [-0.2, 0) is 14.3 Å². The highest BCUT2D eigenvalue weighted by Crippen LogP contribution is 2.28. The van der Waals surface area contributed by atoms with E-state index in [4.69, 9.17) is 9.47 Å². The zero-order valence-electron chi connectivity index (χ0n) is 17.8. The maximum atomic E-state index is 14.7. The molecule has 2 unspecified atom stereocenters. The van der Waals surface area contributed by atoms with Crippen molar-refractivity contribution in [1.29, 1.82) is 0 Å². The summed E-state index contributed by atoms with van der Waals surface area (Å²) in [5.41, 5.74) is 1.28. The van der Waals surface area contributed by atoms with Crippen molar-refractivity contribution in [3.05, 3.63) is 77.6 Å². The number of nitrogens with zero attached hydrogens (tertiary/aromatic N) is 1. The number of allylic oxidation sites excluding steroid dienone is 1. The summed E-state index contributed by atoms with van der Waals surface area (Å²) in [6.45, 7) is 1.98. The summed E-state index contributed by atoms with van der Waals surface area (Å²) in [5.74, 6) is -1.23. The lowest BCUT2D eigenvalue weighted by molar-refractivity contribution is -0.116. The number of rotatable bonds is 7. The molecule has 0 spiro atoms. The lowest BCUT2D eigenvalue weighted by Gasteiger charge is -2.25. The molecule has 0 aromatic heterocycles. The first kappa shape index (κ1) is 22.6. The van der Waals surface area contributed by atoms with Gasteiger partial charge in [-0.05, 0) is 18.2 Å². The molecular formula is C24H24FN3O5. The van der Waals surface area contributed by atoms with Crippen LogP contribution in [0.2, 0.25) is 0 Å². The van der Waals surface area contributed by atoms with Crippen molar-refractivity contribution in [3.63, 3.8) is 0 Å². The topological polar surface area (TPSA) is 97.0 Å². The van der Waals surface area contributed by atoms with Crippen LogP contribution in [0.25, 0.3) is 0 Å². The van der Waals surface area contributed by atoms with Crippen LogP contribution >= 0.6 is 0 Å². The van der Waals surface area contributed by atoms with Crippen LogP contribution in [0.1, 0.15) is 22.0 Å². The van der Waals surface area contributed by atoms with E-state index in [0.717, 1.165) is 12.6 Å². The Bertz CT molecular complexity index is 1050. The van der Waals surface area contributed by atoms with Gasteiger partial charge in [0, 0.05) is 30.3 Å². The van der Waals surface area contributed by atoms with E-state index in [2.05, 4.69) is 10.6 Å². The number of hydrogen-bond donors (Lipinski definition) is 2. The molecule has 2 aliphatic heterocycles. The third kappa shape index (κ3) is 5.63. The van der Waals surface area contributed by atoms with Gasteiger partial charge in [0.1, 0.15) is 11.9 Å². The highest BCUT2D eigenvalue weighted by atomic mass is 19.1. The molecule has 2 aliphatic rings. The van der Waals surface area contributed by atoms with Gasteiger partial charge in [-0.15, -0.1) is 0 Å². The van der Waals surface area contributed by atoms with Gasteiger partial charge >= 0.3 is 6.09 Å². The minimum atomic E-state index is -0.619. The summed E-state index contributed by atoms with van der Waals surface area (Å²) in [4.78, 5) is 37.6. The molecule has 0 radical (unpaired) electrons. The van der Waals surface area contributed by atoms with Gasteiger partial charge in [0.05, 0.1) is 31.5 Å². The molecule has 4 rings (SSSR count). The Labute approximate surface area is 190 Å². The highest BCUT2D eigenvalue weighted by Gasteiger charge is 2.33. The zero-order valence-corrected chi connectivity index (χ0v) is 17.8. The van der Waals surface area contributed by atoms with Gasteiger partial charge in [-0.25, -0.2) is 9.18 Å². The van der Waals surface area contributed by atoms with Crippen LogP contribution in [0.3, 0.4) is 0 Å². The van der Waals surface area contributed by atoms with Crippen molar-refractivity contribution in [2.75, 3.05) is 37.7 Å². The molecule has 9 heteroatoms. The number of ether oxygens (including phenoxy) is 2. The summed E-state index contributed by atoms with van der Waals surface area (Å²) in [6, 6.07) is 13.1. The van der Waals surface area contributed by atoms with E-state index in [1.54, 1.807) is 42.5 Å². The normalized spacial score (nSPS) is 20.6. The molecule has 2 N–H and O–H groups in total. The van der Waals surface area contributed by atoms with E-state index in [-0.39, 0.29) is 25.0 Å². The lowest BCUT2D eigenvalue weighted by atomic mass is 10.1. The quantitative estimate of drug-likeness (QED) is 0.494. The molecular weight excluding hydrogens is 429 g/mol. The van der Waals surface area contributed by atoms with Gasteiger partial charge in [-0.1, -0.05) is 36.4 Å². The number of ketones is 1. The molecule has 0 saturated carbocycles. The number of benzene rings is 2. The lowest BCUT2D eigenvalue weighted by Crippen LogP contribution is -2.34. The SMILES string of the molecule is O=C(/C=C/C(=O)c1ccccc1)NCC1CN(c2ccc(C3CNCCO3)c(F)c2)C(=O)O1. The summed E-state index contributed by atoms with van der Waals surface area (Å²) >= 11 is 0. The number of morpholine rings is 1. The molecule has 2 amide bonds. The molecule has 2 saturated heterocycles. The molecule has 172 valence electrons. The monoisotopic (exact) mass is 453 g/mol. The van der Waals surface area contributed by atoms with Gasteiger partial charge in [0.25, 0.3) is 0 Å². The number of cyclic esters (lactones) is 1. The molecule has 33 heavy (non-hydrogen) atoms. The van der Waals surface area contributed by atoms with Crippen LogP contribution in [0, 0.1) is 5.82 Å². The van der Waals surface area contributed by atoms with E-state index in [0.29, 0.717) is 30.0 Å². The summed E-state index contributed by atoms with van der Waals surface area (Å²) in [6.07, 6.45) is 0.733. The van der Waals surface area contributed by atoms with E-state index >= 15 is 0 Å². The van der Waals surface area contributed by atoms with E-state index < -0.39 is 23.9 Å². The predicted octanol–water partition coefficient (Wildman–Crippen LogP) is 2.37. The summed E-state index contributed by atoms with van der Waals surface area (Å²) in [5, 5.41) is 5.76. The summed E-state index contributed by atoms with van der Waals surface area (Å²) < 4.78 is 25.5. The zero-order chi connectivity index (χ0) is 23.2. The van der Waals surface area contributed by atoms with Crippen LogP contribution < -0.4 is 15.5 Å². The number of amides is 2. The molecule has 2 aromatic rings. The van der Waals surface area contributed by atoms with E-state index in [9.17, 15) is 18.8 Å². The molecule has 8 nitrogen and oxygen atoms in total. The van der Waals surface area contributed by atoms with Gasteiger partial charge < -0.3 is 20.1 Å². The first-order chi connectivity index (χ1) is 16.0. The minimum absolute atomic E-state index is 0.0626. The fraction of sp³-hybridized carbons (Fsp3) is 0.292. The van der Waals surface area contributed by atoms with Crippen LogP contribution in [-0.4, -0.2) is 56.7 Å². The second-order valence-electron chi connectivity index (χ2n) is 7.69. The Morgan fingerprint density at radius 3 is 2.73 bits per heavy atom. The fourth-order valence-electron chi connectivity index (χ4n) is 3.67. The Hall–Kier alpha value is -3.56. The third-order valence-electron chi connectivity index (χ3n) is 5.39. The number of carbonyl (C=O) groups excluding carboxylic acids is 3. The van der Waals surface area contributed by atoms with Crippen LogP contribution in [0.4, 0.5) is 14.9 Å². The summed E-state index contributed by atoms with van der Waals surface area (Å²) in [7, 11) is 0. The van der Waals surface area contributed by atoms with Gasteiger partial charge in [0.15, 0.2) is 5.78 Å². The molecule has 0 aliphatic carbocycles. The molecule has 0 bridgehead atoms. The highest BCUT2D eigenvalue weighted by molar-refractivity contribution is 6.07. The Balaban J connectivity index is 1.30. The predicted molar refractivity (Wildman–Crippen MR) is 118 cm³/mol. The van der Waals surface area contributed by atoms with Crippen molar-refractivity contribution in [3.8, 4) is 0 Å². The Morgan fingerprint density at radius 1 is 1.18 bits per heavy atom. The Kier molecular flexibility index (Phi) is 7.11. The minimum Gasteiger partial charge on any atom is -0.442 e. The van der Waals surface area contributed by atoms with Gasteiger partial charge in [-0.2, -0.15) is 0 Å². The molecule has 2 heterocycles. The first-order valence-electron chi connectivity index (χ1n) is 10.7. The second kappa shape index (κ2) is 10.4. The number of carbonyl (C=O) groups is 3. The number of anilines is 1. The van der Waals surface area contributed by atoms with E-state index in [1.165, 1.54) is 17.0 Å². The third-order valence-corrected chi connectivity index (χ3v) is 5.39. The number of nitrogens with one attached hydrogen (secondary N) is 2. The van der Waals surface area contributed by atoms with Crippen molar-refractivity contribution in [2.24, 2.45) is 0 Å². The maximum absolute atomic E-state index is 14.7. The second-order valence-corrected chi connectivity index (χ2v) is 7.69. The van der Waals surface area contributed by atoms with Gasteiger partial charge in [-0.3, -0.25) is 14.5 Å². The average molecular weight is 453 g/mol. The van der Waals surface area contributed by atoms with Crippen molar-refractivity contribution < 1.29 is 28.2 Å². The number of halogens is 1. The number of hydrogen-bond acceptors (Lipinski definition) is 6.